The number of nitrogens with one attached hydrogen (secondary N) is 1. The summed E-state index contributed by atoms with van der Waals surface area (Å²) in [7, 11) is 0. The van der Waals surface area contributed by atoms with Gasteiger partial charge < -0.3 is 15.0 Å². The number of thiocarbonyl (C=S) groups is 1. The zero-order valence-electron chi connectivity index (χ0n) is 14.4. The predicted molar refractivity (Wildman–Crippen MR) is 108 cm³/mol. The highest BCUT2D eigenvalue weighted by atomic mass is 35.5. The molecule has 3 nitrogen and oxygen atoms in total. The third kappa shape index (κ3) is 5.43. The predicted octanol–water partition coefficient (Wildman–Crippen LogP) is 5.03. The lowest BCUT2D eigenvalue weighted by Gasteiger charge is -2.28. The normalized spacial score (nSPS) is 16.6. The zero-order chi connectivity index (χ0) is 17.6. The number of hydrogen-bond donors (Lipinski definition) is 1. The van der Waals surface area contributed by atoms with E-state index in [-0.39, 0.29) is 6.10 Å². The van der Waals surface area contributed by atoms with Crippen molar-refractivity contribution in [2.75, 3.05) is 18.5 Å². The Balaban J connectivity index is 1.70. The standard InChI is InChI=1S/C20H23ClN2OS/c1-15-4-6-16(7-5-15)13-23(14-19-3-2-12-24-19)20(25)22-18-10-8-17(21)9-11-18/h4-11,19H,2-3,12-14H2,1H3,(H,22,25). The number of anilines is 1. The molecule has 0 amide bonds. The highest BCUT2D eigenvalue weighted by Gasteiger charge is 2.21. The molecule has 0 saturated carbocycles. The molecule has 2 aromatic carbocycles. The van der Waals surface area contributed by atoms with Crippen LogP contribution in [0.4, 0.5) is 5.69 Å². The molecule has 3 rings (SSSR count). The third-order valence-electron chi connectivity index (χ3n) is 4.32. The SMILES string of the molecule is Cc1ccc(CN(CC2CCCO2)C(=S)Nc2ccc(Cl)cc2)cc1. The lowest BCUT2D eigenvalue weighted by Crippen LogP contribution is -2.39. The van der Waals surface area contributed by atoms with Gasteiger partial charge in [0.15, 0.2) is 5.11 Å². The van der Waals surface area contributed by atoms with Crippen LogP contribution in [-0.2, 0) is 11.3 Å². The topological polar surface area (TPSA) is 24.5 Å². The molecular weight excluding hydrogens is 352 g/mol. The van der Waals surface area contributed by atoms with E-state index in [2.05, 4.69) is 41.4 Å². The molecule has 1 unspecified atom stereocenters. The van der Waals surface area contributed by atoms with E-state index in [9.17, 15) is 0 Å². The Bertz CT molecular complexity index is 697. The minimum Gasteiger partial charge on any atom is -0.376 e. The van der Waals surface area contributed by atoms with E-state index >= 15 is 0 Å². The summed E-state index contributed by atoms with van der Waals surface area (Å²) in [5.41, 5.74) is 3.44. The van der Waals surface area contributed by atoms with Crippen LogP contribution < -0.4 is 5.32 Å². The number of ether oxygens (including phenoxy) is 1. The van der Waals surface area contributed by atoms with Crippen molar-refractivity contribution in [2.45, 2.75) is 32.4 Å². The molecule has 1 fully saturated rings. The summed E-state index contributed by atoms with van der Waals surface area (Å²) in [5, 5.41) is 4.74. The average Bonchev–Trinajstić information content (AvgIpc) is 3.11. The van der Waals surface area contributed by atoms with Crippen molar-refractivity contribution in [2.24, 2.45) is 0 Å². The van der Waals surface area contributed by atoms with E-state index in [1.807, 2.05) is 24.3 Å². The van der Waals surface area contributed by atoms with Crippen LogP contribution in [0.3, 0.4) is 0 Å². The molecule has 1 aliphatic rings. The molecule has 1 atom stereocenters. The fraction of sp³-hybridized carbons (Fsp3) is 0.350. The van der Waals surface area contributed by atoms with Gasteiger partial charge in [-0.15, -0.1) is 0 Å². The fourth-order valence-corrected chi connectivity index (χ4v) is 3.29. The summed E-state index contributed by atoms with van der Waals surface area (Å²) in [6.07, 6.45) is 2.46. The van der Waals surface area contributed by atoms with Crippen molar-refractivity contribution in [3.05, 3.63) is 64.7 Å². The van der Waals surface area contributed by atoms with Gasteiger partial charge in [-0.2, -0.15) is 0 Å². The van der Waals surface area contributed by atoms with Crippen LogP contribution in [0.1, 0.15) is 24.0 Å². The van der Waals surface area contributed by atoms with Crippen LogP contribution in [0.2, 0.25) is 5.02 Å². The van der Waals surface area contributed by atoms with Crippen LogP contribution in [0.25, 0.3) is 0 Å². The smallest absolute Gasteiger partial charge is 0.173 e. The van der Waals surface area contributed by atoms with Gasteiger partial charge in [0, 0.05) is 30.4 Å². The summed E-state index contributed by atoms with van der Waals surface area (Å²) in [4.78, 5) is 2.19. The van der Waals surface area contributed by atoms with E-state index in [0.29, 0.717) is 10.1 Å². The first kappa shape index (κ1) is 18.2. The number of aryl methyl sites for hydroxylation is 1. The Labute approximate surface area is 159 Å². The molecule has 1 saturated heterocycles. The van der Waals surface area contributed by atoms with Gasteiger partial charge in [0.25, 0.3) is 0 Å². The van der Waals surface area contributed by atoms with E-state index in [0.717, 1.165) is 38.2 Å². The summed E-state index contributed by atoms with van der Waals surface area (Å²) in [6.45, 7) is 4.51. The quantitative estimate of drug-likeness (QED) is 0.742. The molecule has 0 radical (unpaired) electrons. The summed E-state index contributed by atoms with van der Waals surface area (Å²) in [6, 6.07) is 16.2. The lowest BCUT2D eigenvalue weighted by molar-refractivity contribution is 0.0905. The largest absolute Gasteiger partial charge is 0.376 e. The van der Waals surface area contributed by atoms with Crippen molar-refractivity contribution in [3.63, 3.8) is 0 Å². The number of nitrogens with zero attached hydrogens (tertiary/aromatic N) is 1. The third-order valence-corrected chi connectivity index (χ3v) is 4.94. The molecule has 5 heteroatoms. The molecule has 25 heavy (non-hydrogen) atoms. The van der Waals surface area contributed by atoms with E-state index < -0.39 is 0 Å². The van der Waals surface area contributed by atoms with Crippen LogP contribution >= 0.6 is 23.8 Å². The maximum absolute atomic E-state index is 5.96. The van der Waals surface area contributed by atoms with Crippen LogP contribution in [0.15, 0.2) is 48.5 Å². The maximum Gasteiger partial charge on any atom is 0.173 e. The Morgan fingerprint density at radius 3 is 2.56 bits per heavy atom. The van der Waals surface area contributed by atoms with Crippen LogP contribution in [0.5, 0.6) is 0 Å². The second-order valence-corrected chi connectivity index (χ2v) is 7.26. The van der Waals surface area contributed by atoms with Crippen LogP contribution in [-0.4, -0.2) is 29.3 Å². The van der Waals surface area contributed by atoms with Crippen molar-refractivity contribution in [1.29, 1.82) is 0 Å². The zero-order valence-corrected chi connectivity index (χ0v) is 15.9. The number of benzene rings is 2. The van der Waals surface area contributed by atoms with Crippen molar-refractivity contribution >= 4 is 34.6 Å². The van der Waals surface area contributed by atoms with Crippen LogP contribution in [0, 0.1) is 6.92 Å². The number of hydrogen-bond acceptors (Lipinski definition) is 2. The molecule has 1 heterocycles. The molecule has 0 spiro atoms. The molecule has 2 aromatic rings. The van der Waals surface area contributed by atoms with Gasteiger partial charge in [0.05, 0.1) is 6.10 Å². The second-order valence-electron chi connectivity index (χ2n) is 6.44. The van der Waals surface area contributed by atoms with Crippen molar-refractivity contribution in [1.82, 2.24) is 4.90 Å². The summed E-state index contributed by atoms with van der Waals surface area (Å²) in [5.74, 6) is 0. The van der Waals surface area contributed by atoms with Gasteiger partial charge in [-0.25, -0.2) is 0 Å². The molecule has 1 aliphatic heterocycles. The fourth-order valence-electron chi connectivity index (χ4n) is 2.90. The first-order chi connectivity index (χ1) is 12.1. The molecule has 1 N–H and O–H groups in total. The Hall–Kier alpha value is -1.62. The van der Waals surface area contributed by atoms with Gasteiger partial charge >= 0.3 is 0 Å². The van der Waals surface area contributed by atoms with Gasteiger partial charge in [0.2, 0.25) is 0 Å². The Kier molecular flexibility index (Phi) is 6.29. The minimum atomic E-state index is 0.246. The second kappa shape index (κ2) is 8.65. The summed E-state index contributed by atoms with van der Waals surface area (Å²) >= 11 is 11.6. The van der Waals surface area contributed by atoms with E-state index in [1.165, 1.54) is 11.1 Å². The molecular formula is C20H23ClN2OS. The first-order valence-electron chi connectivity index (χ1n) is 8.59. The number of halogens is 1. The van der Waals surface area contributed by atoms with Crippen molar-refractivity contribution in [3.8, 4) is 0 Å². The highest BCUT2D eigenvalue weighted by molar-refractivity contribution is 7.80. The molecule has 0 aliphatic carbocycles. The molecule has 132 valence electrons. The average molecular weight is 375 g/mol. The Morgan fingerprint density at radius 1 is 1.20 bits per heavy atom. The number of rotatable bonds is 5. The van der Waals surface area contributed by atoms with E-state index in [1.54, 1.807) is 0 Å². The minimum absolute atomic E-state index is 0.246. The maximum atomic E-state index is 5.96. The Morgan fingerprint density at radius 2 is 1.92 bits per heavy atom. The first-order valence-corrected chi connectivity index (χ1v) is 9.37. The summed E-state index contributed by atoms with van der Waals surface area (Å²) < 4.78 is 5.81. The van der Waals surface area contributed by atoms with Gasteiger partial charge in [-0.1, -0.05) is 41.4 Å². The molecule has 0 bridgehead atoms. The van der Waals surface area contributed by atoms with Gasteiger partial charge in [-0.3, -0.25) is 0 Å². The monoisotopic (exact) mass is 374 g/mol. The van der Waals surface area contributed by atoms with Crippen molar-refractivity contribution < 1.29 is 4.74 Å². The van der Waals surface area contributed by atoms with Gasteiger partial charge in [-0.05, 0) is 61.8 Å². The highest BCUT2D eigenvalue weighted by Crippen LogP contribution is 2.18. The lowest BCUT2D eigenvalue weighted by atomic mass is 10.1. The molecule has 0 aromatic heterocycles. The van der Waals surface area contributed by atoms with Gasteiger partial charge in [0.1, 0.15) is 0 Å². The van der Waals surface area contributed by atoms with E-state index in [4.69, 9.17) is 28.6 Å².